The van der Waals surface area contributed by atoms with Gasteiger partial charge in [-0.3, -0.25) is 19.2 Å². The minimum Gasteiger partial charge on any atom is -0.463 e. The first-order valence-corrected chi connectivity index (χ1v) is 10.7. The average Bonchev–Trinajstić information content (AvgIpc) is 2.73. The van der Waals surface area contributed by atoms with Gasteiger partial charge in [-0.15, -0.1) is 0 Å². The third-order valence-corrected chi connectivity index (χ3v) is 4.81. The van der Waals surface area contributed by atoms with E-state index in [0.29, 0.717) is 6.42 Å². The van der Waals surface area contributed by atoms with Crippen LogP contribution >= 0.6 is 0 Å². The summed E-state index contributed by atoms with van der Waals surface area (Å²) in [6.45, 7) is 4.92. The number of amides is 1. The van der Waals surface area contributed by atoms with Crippen LogP contribution < -0.4 is 5.32 Å². The van der Waals surface area contributed by atoms with Gasteiger partial charge in [0.1, 0.15) is 18.8 Å². The van der Waals surface area contributed by atoms with Crippen LogP contribution in [0.4, 0.5) is 0 Å². The molecule has 0 radical (unpaired) electrons. The average molecular weight is 465 g/mol. The van der Waals surface area contributed by atoms with Crippen LogP contribution in [0.15, 0.2) is 30.3 Å². The minimum atomic E-state index is -1.13. The second-order valence-corrected chi connectivity index (χ2v) is 7.68. The van der Waals surface area contributed by atoms with E-state index in [1.807, 2.05) is 30.3 Å². The quantitative estimate of drug-likeness (QED) is 0.309. The molecule has 0 spiro atoms. The van der Waals surface area contributed by atoms with Crippen LogP contribution in [0, 0.1) is 0 Å². The molecule has 10 heteroatoms. The largest absolute Gasteiger partial charge is 0.463 e. The van der Waals surface area contributed by atoms with Crippen molar-refractivity contribution in [2.45, 2.75) is 71.2 Å². The number of carbonyl (C=O) groups excluding carboxylic acids is 4. The van der Waals surface area contributed by atoms with E-state index in [2.05, 4.69) is 5.32 Å². The molecule has 1 aliphatic rings. The predicted octanol–water partition coefficient (Wildman–Crippen LogP) is 1.29. The van der Waals surface area contributed by atoms with Crippen molar-refractivity contribution in [3.05, 3.63) is 35.9 Å². The third kappa shape index (κ3) is 8.82. The Kier molecular flexibility index (Phi) is 10.3. The number of benzene rings is 1. The van der Waals surface area contributed by atoms with Crippen molar-refractivity contribution < 1.29 is 42.9 Å². The van der Waals surface area contributed by atoms with Gasteiger partial charge >= 0.3 is 17.9 Å². The molecule has 0 aromatic heterocycles. The second-order valence-electron chi connectivity index (χ2n) is 7.68. The number of hydrogen-bond acceptors (Lipinski definition) is 9. The predicted molar refractivity (Wildman–Crippen MR) is 115 cm³/mol. The Labute approximate surface area is 192 Å². The maximum absolute atomic E-state index is 11.9. The van der Waals surface area contributed by atoms with Gasteiger partial charge in [0.25, 0.3) is 0 Å². The smallest absolute Gasteiger partial charge is 0.303 e. The van der Waals surface area contributed by atoms with E-state index in [0.717, 1.165) is 12.0 Å². The number of ether oxygens (including phenoxy) is 5. The molecule has 1 amide bonds. The Balaban J connectivity index is 2.21. The molecule has 2 rings (SSSR count). The summed E-state index contributed by atoms with van der Waals surface area (Å²) < 4.78 is 27.7. The molecule has 1 heterocycles. The van der Waals surface area contributed by atoms with Crippen molar-refractivity contribution in [2.75, 3.05) is 13.2 Å². The van der Waals surface area contributed by atoms with Crippen molar-refractivity contribution in [1.29, 1.82) is 0 Å². The van der Waals surface area contributed by atoms with E-state index >= 15 is 0 Å². The number of nitrogens with one attached hydrogen (secondary N) is 1. The van der Waals surface area contributed by atoms with Crippen molar-refractivity contribution in [3.8, 4) is 0 Å². The van der Waals surface area contributed by atoms with Gasteiger partial charge in [-0.2, -0.15) is 0 Å². The molecule has 0 unspecified atom stereocenters. The zero-order valence-electron chi connectivity index (χ0n) is 19.3. The van der Waals surface area contributed by atoms with E-state index in [9.17, 15) is 19.2 Å². The molecular formula is C23H31NO9. The Bertz CT molecular complexity index is 813. The lowest BCUT2D eigenvalue weighted by Crippen LogP contribution is -2.66. The van der Waals surface area contributed by atoms with E-state index in [1.54, 1.807) is 0 Å². The molecule has 33 heavy (non-hydrogen) atoms. The molecule has 1 saturated heterocycles. The van der Waals surface area contributed by atoms with Gasteiger partial charge < -0.3 is 29.0 Å². The van der Waals surface area contributed by atoms with Crippen LogP contribution in [0.2, 0.25) is 0 Å². The fraction of sp³-hybridized carbons (Fsp3) is 0.565. The fourth-order valence-electron chi connectivity index (χ4n) is 3.55. The van der Waals surface area contributed by atoms with Gasteiger partial charge in [0.05, 0.1) is 6.61 Å². The lowest BCUT2D eigenvalue weighted by molar-refractivity contribution is -0.277. The first kappa shape index (κ1) is 26.3. The minimum absolute atomic E-state index is 0.262. The van der Waals surface area contributed by atoms with E-state index < -0.39 is 54.5 Å². The molecule has 0 aliphatic carbocycles. The number of rotatable bonds is 10. The Morgan fingerprint density at radius 1 is 0.909 bits per heavy atom. The number of hydrogen-bond donors (Lipinski definition) is 1. The zero-order valence-corrected chi connectivity index (χ0v) is 19.3. The molecule has 1 aliphatic heterocycles. The van der Waals surface area contributed by atoms with E-state index in [-0.39, 0.29) is 13.2 Å². The normalized spacial score (nSPS) is 24.4. The summed E-state index contributed by atoms with van der Waals surface area (Å²) in [6.07, 6.45) is -2.85. The van der Waals surface area contributed by atoms with E-state index in [1.165, 1.54) is 27.7 Å². The molecule has 182 valence electrons. The van der Waals surface area contributed by atoms with Crippen molar-refractivity contribution >= 4 is 23.8 Å². The number of carbonyl (C=O) groups is 4. The molecule has 5 atom stereocenters. The van der Waals surface area contributed by atoms with Crippen LogP contribution in [0.5, 0.6) is 0 Å². The van der Waals surface area contributed by atoms with Crippen molar-refractivity contribution in [3.63, 3.8) is 0 Å². The molecule has 1 aromatic carbocycles. The van der Waals surface area contributed by atoms with Gasteiger partial charge in [0.15, 0.2) is 18.5 Å². The van der Waals surface area contributed by atoms with Gasteiger partial charge in [-0.25, -0.2) is 0 Å². The van der Waals surface area contributed by atoms with Crippen LogP contribution in [-0.2, 0) is 49.3 Å². The van der Waals surface area contributed by atoms with Gasteiger partial charge in [0.2, 0.25) is 5.91 Å². The van der Waals surface area contributed by atoms with Crippen LogP contribution in [0.1, 0.15) is 39.7 Å². The highest BCUT2D eigenvalue weighted by atomic mass is 16.7. The Morgan fingerprint density at radius 2 is 1.55 bits per heavy atom. The summed E-state index contributed by atoms with van der Waals surface area (Å²) in [7, 11) is 0. The Morgan fingerprint density at radius 3 is 2.12 bits per heavy atom. The SMILES string of the molecule is CC(=O)N[C@@H]1[C@@H](OCCCc2ccccc2)O[C@@H](COC(C)=O)[C@@H](OC(C)=O)[C@H]1OC(C)=O. The standard InChI is InChI=1S/C23H31NO9/c1-14(25)24-20-22(32-17(4)28)21(31-16(3)27)19(13-30-15(2)26)33-23(20)29-12-8-11-18-9-6-5-7-10-18/h5-7,9-10,19-23H,8,11-13H2,1-4H3,(H,24,25)/t19-,20-,21+,22-,23-/m0/s1. The summed E-state index contributed by atoms with van der Waals surface area (Å²) in [4.78, 5) is 46.8. The second kappa shape index (κ2) is 12.9. The zero-order chi connectivity index (χ0) is 24.4. The molecule has 1 aromatic rings. The van der Waals surface area contributed by atoms with Crippen LogP contribution in [0.3, 0.4) is 0 Å². The monoisotopic (exact) mass is 465 g/mol. The maximum atomic E-state index is 11.9. The van der Waals surface area contributed by atoms with Gasteiger partial charge in [-0.1, -0.05) is 30.3 Å². The maximum Gasteiger partial charge on any atom is 0.303 e. The summed E-state index contributed by atoms with van der Waals surface area (Å²) in [5.74, 6) is -2.28. The first-order valence-electron chi connectivity index (χ1n) is 10.7. The van der Waals surface area contributed by atoms with Crippen LogP contribution in [0.25, 0.3) is 0 Å². The van der Waals surface area contributed by atoms with Crippen molar-refractivity contribution in [2.24, 2.45) is 0 Å². The summed E-state index contributed by atoms with van der Waals surface area (Å²) in [6, 6.07) is 8.89. The first-order chi connectivity index (χ1) is 15.7. The molecule has 1 fully saturated rings. The summed E-state index contributed by atoms with van der Waals surface area (Å²) in [5.41, 5.74) is 1.14. The highest BCUT2D eigenvalue weighted by Crippen LogP contribution is 2.28. The lowest BCUT2D eigenvalue weighted by atomic mass is 9.96. The fourth-order valence-corrected chi connectivity index (χ4v) is 3.55. The molecule has 1 N–H and O–H groups in total. The number of esters is 3. The lowest BCUT2D eigenvalue weighted by Gasteiger charge is -2.44. The number of aryl methyl sites for hydroxylation is 1. The highest BCUT2D eigenvalue weighted by molar-refractivity contribution is 5.73. The molecule has 0 saturated carbocycles. The molecular weight excluding hydrogens is 434 g/mol. The Hall–Kier alpha value is -2.98. The molecule has 0 bridgehead atoms. The highest BCUT2D eigenvalue weighted by Gasteiger charge is 2.51. The van der Waals surface area contributed by atoms with Gasteiger partial charge in [-0.05, 0) is 18.4 Å². The topological polar surface area (TPSA) is 126 Å². The van der Waals surface area contributed by atoms with Crippen molar-refractivity contribution in [1.82, 2.24) is 5.32 Å². The van der Waals surface area contributed by atoms with E-state index in [4.69, 9.17) is 23.7 Å². The summed E-state index contributed by atoms with van der Waals surface area (Å²) in [5, 5.41) is 2.67. The summed E-state index contributed by atoms with van der Waals surface area (Å²) >= 11 is 0. The third-order valence-electron chi connectivity index (χ3n) is 4.81. The molecule has 10 nitrogen and oxygen atoms in total. The van der Waals surface area contributed by atoms with Gasteiger partial charge in [0, 0.05) is 27.7 Å². The van der Waals surface area contributed by atoms with Crippen LogP contribution in [-0.4, -0.2) is 67.7 Å².